The molecule has 0 radical (unpaired) electrons. The van der Waals surface area contributed by atoms with E-state index in [9.17, 15) is 10.4 Å². The predicted molar refractivity (Wildman–Crippen MR) is 100 cm³/mol. The number of nitrogens with zero attached hydrogens (tertiary/aromatic N) is 4. The maximum Gasteiger partial charge on any atom is 0.239 e. The van der Waals surface area contributed by atoms with Gasteiger partial charge in [-0.15, -0.1) is 0 Å². The lowest BCUT2D eigenvalue weighted by Crippen LogP contribution is -2.29. The average Bonchev–Trinajstić information content (AvgIpc) is 2.88. The average molecular weight is 349 g/mol. The molecule has 1 aliphatic rings. The summed E-state index contributed by atoms with van der Waals surface area (Å²) in [6, 6.07) is 7.56. The molecule has 0 spiro atoms. The van der Waals surface area contributed by atoms with Crippen LogP contribution in [0.25, 0.3) is 16.7 Å². The van der Waals surface area contributed by atoms with Crippen LogP contribution in [0, 0.1) is 25.2 Å². The van der Waals surface area contributed by atoms with Crippen molar-refractivity contribution in [3.63, 3.8) is 0 Å². The SMILES string of the molecule is Cc1ccc(O)c(C)c1-n1c(N)c(C#N)c2cc3c(nc21)OCCN3C. The fourth-order valence-corrected chi connectivity index (χ4v) is 3.49. The first-order chi connectivity index (χ1) is 12.4. The number of likely N-dealkylation sites (N-methyl/N-ethyl adjacent to an activating group) is 1. The quantitative estimate of drug-likeness (QED) is 0.700. The third kappa shape index (κ3) is 2.09. The van der Waals surface area contributed by atoms with Crippen molar-refractivity contribution in [2.45, 2.75) is 13.8 Å². The number of hydrogen-bond donors (Lipinski definition) is 2. The lowest BCUT2D eigenvalue weighted by atomic mass is 10.1. The van der Waals surface area contributed by atoms with Crippen LogP contribution in [0.2, 0.25) is 0 Å². The summed E-state index contributed by atoms with van der Waals surface area (Å²) in [6.45, 7) is 5.05. The highest BCUT2D eigenvalue weighted by molar-refractivity contribution is 5.95. The topological polar surface area (TPSA) is 100 Å². The summed E-state index contributed by atoms with van der Waals surface area (Å²) in [7, 11) is 1.96. The molecule has 0 aliphatic carbocycles. The van der Waals surface area contributed by atoms with Gasteiger partial charge in [-0.1, -0.05) is 6.07 Å². The zero-order valence-corrected chi connectivity index (χ0v) is 14.9. The van der Waals surface area contributed by atoms with Crippen LogP contribution in [0.15, 0.2) is 18.2 Å². The normalized spacial score (nSPS) is 13.4. The van der Waals surface area contributed by atoms with Crippen LogP contribution in [-0.4, -0.2) is 34.9 Å². The van der Waals surface area contributed by atoms with E-state index in [2.05, 4.69) is 11.1 Å². The van der Waals surface area contributed by atoms with Crippen molar-refractivity contribution in [1.82, 2.24) is 9.55 Å². The Morgan fingerprint density at radius 2 is 2.12 bits per heavy atom. The Morgan fingerprint density at radius 3 is 2.85 bits per heavy atom. The molecule has 0 saturated heterocycles. The highest BCUT2D eigenvalue weighted by Crippen LogP contribution is 2.39. The fourth-order valence-electron chi connectivity index (χ4n) is 3.49. The van der Waals surface area contributed by atoms with E-state index in [4.69, 9.17) is 10.5 Å². The summed E-state index contributed by atoms with van der Waals surface area (Å²) >= 11 is 0. The van der Waals surface area contributed by atoms with Crippen molar-refractivity contribution in [3.05, 3.63) is 34.9 Å². The number of phenols is 1. The van der Waals surface area contributed by atoms with E-state index < -0.39 is 0 Å². The fraction of sp³-hybridized carbons (Fsp3) is 0.263. The van der Waals surface area contributed by atoms with Gasteiger partial charge < -0.3 is 20.5 Å². The van der Waals surface area contributed by atoms with E-state index in [-0.39, 0.29) is 5.75 Å². The third-order valence-electron chi connectivity index (χ3n) is 4.94. The van der Waals surface area contributed by atoms with Gasteiger partial charge in [0.2, 0.25) is 5.88 Å². The number of hydrogen-bond acceptors (Lipinski definition) is 6. The van der Waals surface area contributed by atoms with E-state index in [0.717, 1.165) is 23.5 Å². The number of pyridine rings is 1. The number of aromatic nitrogens is 2. The first kappa shape index (κ1) is 16.1. The molecule has 3 aromatic rings. The van der Waals surface area contributed by atoms with Gasteiger partial charge in [0.05, 0.1) is 12.2 Å². The maximum absolute atomic E-state index is 10.2. The monoisotopic (exact) mass is 349 g/mol. The predicted octanol–water partition coefficient (Wildman–Crippen LogP) is 2.63. The molecule has 7 nitrogen and oxygen atoms in total. The molecule has 0 bridgehead atoms. The van der Waals surface area contributed by atoms with E-state index in [1.165, 1.54) is 0 Å². The molecule has 0 fully saturated rings. The lowest BCUT2D eigenvalue weighted by Gasteiger charge is -2.26. The molecular formula is C19H19N5O2. The smallest absolute Gasteiger partial charge is 0.239 e. The number of phenolic OH excluding ortho intramolecular Hbond substituents is 1. The minimum absolute atomic E-state index is 0.166. The molecule has 0 atom stereocenters. The van der Waals surface area contributed by atoms with E-state index in [1.54, 1.807) is 10.6 Å². The number of benzene rings is 1. The summed E-state index contributed by atoms with van der Waals surface area (Å²) in [5.74, 6) is 0.987. The number of nitrogens with two attached hydrogens (primary N) is 1. The van der Waals surface area contributed by atoms with Gasteiger partial charge in [-0.3, -0.25) is 4.57 Å². The Labute approximate surface area is 150 Å². The molecule has 0 amide bonds. The first-order valence-electron chi connectivity index (χ1n) is 8.32. The van der Waals surface area contributed by atoms with Gasteiger partial charge in [-0.05, 0) is 31.5 Å². The van der Waals surface area contributed by atoms with Crippen LogP contribution < -0.4 is 15.4 Å². The van der Waals surface area contributed by atoms with Crippen LogP contribution in [-0.2, 0) is 0 Å². The molecule has 26 heavy (non-hydrogen) atoms. The van der Waals surface area contributed by atoms with E-state index >= 15 is 0 Å². The molecule has 1 aromatic carbocycles. The van der Waals surface area contributed by atoms with Crippen molar-refractivity contribution in [3.8, 4) is 23.4 Å². The standard InChI is InChI=1S/C19H19N5O2/c1-10-4-5-15(25)11(2)16(10)24-17(21)13(9-20)12-8-14-19(22-18(12)24)26-7-6-23(14)3/h4-5,8,25H,6-7,21H2,1-3H3. The van der Waals surface area contributed by atoms with Crippen molar-refractivity contribution in [2.24, 2.45) is 0 Å². The number of nitrogen functional groups attached to an aromatic ring is 1. The number of aromatic hydroxyl groups is 1. The lowest BCUT2D eigenvalue weighted by molar-refractivity contribution is 0.300. The van der Waals surface area contributed by atoms with E-state index in [0.29, 0.717) is 40.5 Å². The second-order valence-corrected chi connectivity index (χ2v) is 6.54. The molecule has 4 rings (SSSR count). The number of rotatable bonds is 1. The molecule has 0 saturated carbocycles. The van der Waals surface area contributed by atoms with Crippen molar-refractivity contribution in [2.75, 3.05) is 30.8 Å². The Bertz CT molecular complexity index is 1090. The van der Waals surface area contributed by atoms with Gasteiger partial charge in [-0.2, -0.15) is 10.2 Å². The molecule has 7 heteroatoms. The number of ether oxygens (including phenoxy) is 1. The van der Waals surface area contributed by atoms with Crippen LogP contribution in [0.1, 0.15) is 16.7 Å². The Hall–Kier alpha value is -3.40. The molecule has 2 aromatic heterocycles. The van der Waals surface area contributed by atoms with Crippen molar-refractivity contribution >= 4 is 22.5 Å². The zero-order chi connectivity index (χ0) is 18.6. The Balaban J connectivity index is 2.14. The van der Waals surface area contributed by atoms with Crippen LogP contribution >= 0.6 is 0 Å². The molecule has 3 N–H and O–H groups in total. The summed E-state index contributed by atoms with van der Waals surface area (Å²) in [6.07, 6.45) is 0. The molecule has 0 unspecified atom stereocenters. The van der Waals surface area contributed by atoms with Crippen molar-refractivity contribution < 1.29 is 9.84 Å². The van der Waals surface area contributed by atoms with Gasteiger partial charge in [-0.25, -0.2) is 0 Å². The van der Waals surface area contributed by atoms with Crippen molar-refractivity contribution in [1.29, 1.82) is 5.26 Å². The van der Waals surface area contributed by atoms with Gasteiger partial charge in [0.25, 0.3) is 0 Å². The van der Waals surface area contributed by atoms with Gasteiger partial charge in [0.15, 0.2) is 5.65 Å². The third-order valence-corrected chi connectivity index (χ3v) is 4.94. The highest BCUT2D eigenvalue weighted by atomic mass is 16.5. The number of aryl methyl sites for hydroxylation is 1. The minimum Gasteiger partial charge on any atom is -0.508 e. The number of fused-ring (bicyclic) bond motifs is 2. The highest BCUT2D eigenvalue weighted by Gasteiger charge is 2.25. The molecule has 1 aliphatic heterocycles. The largest absolute Gasteiger partial charge is 0.508 e. The zero-order valence-electron chi connectivity index (χ0n) is 14.9. The van der Waals surface area contributed by atoms with Crippen LogP contribution in [0.4, 0.5) is 11.5 Å². The van der Waals surface area contributed by atoms with Crippen LogP contribution in [0.5, 0.6) is 11.6 Å². The second kappa shape index (κ2) is 5.56. The summed E-state index contributed by atoms with van der Waals surface area (Å²) < 4.78 is 7.45. The summed E-state index contributed by atoms with van der Waals surface area (Å²) in [5.41, 5.74) is 10.4. The number of nitriles is 1. The molecule has 132 valence electrons. The summed E-state index contributed by atoms with van der Waals surface area (Å²) in [5, 5.41) is 20.5. The van der Waals surface area contributed by atoms with Gasteiger partial charge in [0.1, 0.15) is 35.5 Å². The minimum atomic E-state index is 0.166. The Morgan fingerprint density at radius 1 is 1.35 bits per heavy atom. The van der Waals surface area contributed by atoms with E-state index in [1.807, 2.05) is 37.9 Å². The first-order valence-corrected chi connectivity index (χ1v) is 8.32. The van der Waals surface area contributed by atoms with Gasteiger partial charge in [0, 0.05) is 18.0 Å². The van der Waals surface area contributed by atoms with Crippen LogP contribution in [0.3, 0.4) is 0 Å². The van der Waals surface area contributed by atoms with Gasteiger partial charge >= 0.3 is 0 Å². The molecular weight excluding hydrogens is 330 g/mol. The summed E-state index contributed by atoms with van der Waals surface area (Å²) in [4.78, 5) is 6.72. The molecule has 3 heterocycles. The number of anilines is 2. The maximum atomic E-state index is 10.2. The second-order valence-electron chi connectivity index (χ2n) is 6.54. The Kier molecular flexibility index (Phi) is 3.44.